The molecule has 0 saturated carbocycles. The fraction of sp³-hybridized carbons (Fsp3) is 0.148. The molecular formula is C54H45N. The predicted octanol–water partition coefficient (Wildman–Crippen LogP) is 14.8. The Kier molecular flexibility index (Phi) is 7.55. The van der Waals surface area contributed by atoms with E-state index in [0.29, 0.717) is 0 Å². The molecule has 2 aliphatic carbocycles. The summed E-state index contributed by atoms with van der Waals surface area (Å²) in [6.45, 7) is 11.9. The van der Waals surface area contributed by atoms with Crippen molar-refractivity contribution in [1.29, 1.82) is 0 Å². The summed E-state index contributed by atoms with van der Waals surface area (Å²) >= 11 is 0. The minimum absolute atomic E-state index is 0.0673. The Morgan fingerprint density at radius 1 is 0.400 bits per heavy atom. The van der Waals surface area contributed by atoms with Crippen LogP contribution in [0.4, 0.5) is 17.1 Å². The average molecular weight is 708 g/mol. The van der Waals surface area contributed by atoms with E-state index in [4.69, 9.17) is 0 Å². The van der Waals surface area contributed by atoms with E-state index in [1.54, 1.807) is 0 Å². The van der Waals surface area contributed by atoms with E-state index in [1.807, 2.05) is 0 Å². The lowest BCUT2D eigenvalue weighted by atomic mass is 9.79. The van der Waals surface area contributed by atoms with Gasteiger partial charge in [0.2, 0.25) is 0 Å². The van der Waals surface area contributed by atoms with Crippen molar-refractivity contribution in [2.45, 2.75) is 51.9 Å². The third kappa shape index (κ3) is 5.14. The van der Waals surface area contributed by atoms with Gasteiger partial charge >= 0.3 is 0 Å². The molecule has 0 saturated heterocycles. The van der Waals surface area contributed by atoms with Gasteiger partial charge in [0.1, 0.15) is 0 Å². The molecule has 0 radical (unpaired) electrons. The minimum atomic E-state index is -0.200. The second-order valence-corrected chi connectivity index (χ2v) is 16.5. The van der Waals surface area contributed by atoms with Crippen LogP contribution in [-0.2, 0) is 17.3 Å². The smallest absolute Gasteiger partial charge is 0.0543 e. The van der Waals surface area contributed by atoms with E-state index in [0.717, 1.165) is 17.8 Å². The molecular weight excluding hydrogens is 663 g/mol. The highest BCUT2D eigenvalue weighted by Crippen LogP contribution is 2.59. The molecule has 0 bridgehead atoms. The molecule has 0 aliphatic heterocycles. The molecule has 10 rings (SSSR count). The molecule has 2 aliphatic rings. The first-order chi connectivity index (χ1) is 26.7. The van der Waals surface area contributed by atoms with Crippen molar-refractivity contribution in [3.05, 3.63) is 198 Å². The van der Waals surface area contributed by atoms with E-state index < -0.39 is 0 Å². The van der Waals surface area contributed by atoms with Gasteiger partial charge in [-0.2, -0.15) is 0 Å². The fourth-order valence-electron chi connectivity index (χ4n) is 9.54. The van der Waals surface area contributed by atoms with E-state index in [1.165, 1.54) is 88.8 Å². The van der Waals surface area contributed by atoms with Crippen LogP contribution in [0.1, 0.15) is 62.4 Å². The van der Waals surface area contributed by atoms with Crippen LogP contribution >= 0.6 is 0 Å². The molecule has 0 N–H and O–H groups in total. The minimum Gasteiger partial charge on any atom is -0.310 e. The van der Waals surface area contributed by atoms with Gasteiger partial charge in [0.05, 0.1) is 5.69 Å². The Bertz CT molecular complexity index is 2670. The van der Waals surface area contributed by atoms with Crippen LogP contribution in [0.5, 0.6) is 0 Å². The third-order valence-electron chi connectivity index (χ3n) is 12.6. The standard InChI is InChI=1S/C54H45N/c1-6-35-21-30-42-45-32-49-46(33-48(45)53(2,3)47(42)31-35)52-44-20-14-13-19-43(44)51(34-50(52)54(49,4)5)55(40-26-22-38(23-27-40)36-15-9-7-10-16-36)41-28-24-39(25-29-41)37-17-11-8-12-18-37/h7-34H,6H2,1-5H3. The summed E-state index contributed by atoms with van der Waals surface area (Å²) < 4.78 is 0. The molecule has 0 atom stereocenters. The van der Waals surface area contributed by atoms with Crippen LogP contribution in [-0.4, -0.2) is 0 Å². The summed E-state index contributed by atoms with van der Waals surface area (Å²) in [6, 6.07) is 63.3. The van der Waals surface area contributed by atoms with Gasteiger partial charge in [-0.05, 0) is 127 Å². The van der Waals surface area contributed by atoms with Crippen molar-refractivity contribution >= 4 is 27.8 Å². The molecule has 0 aromatic heterocycles. The van der Waals surface area contributed by atoms with Crippen LogP contribution in [0.25, 0.3) is 55.3 Å². The van der Waals surface area contributed by atoms with Gasteiger partial charge in [0, 0.05) is 27.6 Å². The molecule has 0 unspecified atom stereocenters. The number of hydrogen-bond acceptors (Lipinski definition) is 1. The van der Waals surface area contributed by atoms with Gasteiger partial charge in [-0.25, -0.2) is 0 Å². The predicted molar refractivity (Wildman–Crippen MR) is 234 cm³/mol. The van der Waals surface area contributed by atoms with Gasteiger partial charge in [0.25, 0.3) is 0 Å². The fourth-order valence-corrected chi connectivity index (χ4v) is 9.54. The second kappa shape index (κ2) is 12.4. The average Bonchev–Trinajstić information content (AvgIpc) is 3.59. The number of hydrogen-bond donors (Lipinski definition) is 0. The first kappa shape index (κ1) is 33.4. The molecule has 0 spiro atoms. The van der Waals surface area contributed by atoms with Crippen LogP contribution < -0.4 is 4.90 Å². The zero-order valence-corrected chi connectivity index (χ0v) is 32.3. The Morgan fingerprint density at radius 2 is 0.873 bits per heavy atom. The topological polar surface area (TPSA) is 3.24 Å². The van der Waals surface area contributed by atoms with Gasteiger partial charge < -0.3 is 4.90 Å². The Balaban J connectivity index is 1.17. The molecule has 1 heteroatoms. The number of aryl methyl sites for hydroxylation is 1. The third-order valence-corrected chi connectivity index (χ3v) is 12.6. The molecule has 8 aromatic carbocycles. The largest absolute Gasteiger partial charge is 0.310 e. The highest BCUT2D eigenvalue weighted by atomic mass is 15.1. The first-order valence-electron chi connectivity index (χ1n) is 19.7. The summed E-state index contributed by atoms with van der Waals surface area (Å²) in [5.74, 6) is 0. The van der Waals surface area contributed by atoms with Crippen LogP contribution in [0.15, 0.2) is 170 Å². The number of benzene rings is 8. The maximum absolute atomic E-state index is 2.55. The Morgan fingerprint density at radius 3 is 1.45 bits per heavy atom. The summed E-state index contributed by atoms with van der Waals surface area (Å²) in [6.07, 6.45) is 1.05. The van der Waals surface area contributed by atoms with Crippen LogP contribution in [0, 0.1) is 0 Å². The Hall–Kier alpha value is -6.18. The number of rotatable bonds is 6. The van der Waals surface area contributed by atoms with Crippen LogP contribution in [0.2, 0.25) is 0 Å². The zero-order valence-electron chi connectivity index (χ0n) is 32.3. The quantitative estimate of drug-likeness (QED) is 0.166. The van der Waals surface area contributed by atoms with Crippen molar-refractivity contribution in [2.75, 3.05) is 4.90 Å². The maximum atomic E-state index is 2.55. The van der Waals surface area contributed by atoms with E-state index in [-0.39, 0.29) is 10.8 Å². The summed E-state index contributed by atoms with van der Waals surface area (Å²) in [5.41, 5.74) is 20.7. The number of fused-ring (bicyclic) bond motifs is 8. The van der Waals surface area contributed by atoms with Gasteiger partial charge in [-0.3, -0.25) is 0 Å². The highest BCUT2D eigenvalue weighted by molar-refractivity contribution is 6.10. The van der Waals surface area contributed by atoms with Crippen molar-refractivity contribution in [3.63, 3.8) is 0 Å². The van der Waals surface area contributed by atoms with Gasteiger partial charge in [-0.1, -0.05) is 162 Å². The molecule has 55 heavy (non-hydrogen) atoms. The lowest BCUT2D eigenvalue weighted by Gasteiger charge is -2.30. The zero-order chi connectivity index (χ0) is 37.5. The van der Waals surface area contributed by atoms with Gasteiger partial charge in [-0.15, -0.1) is 0 Å². The highest BCUT2D eigenvalue weighted by Gasteiger charge is 2.43. The van der Waals surface area contributed by atoms with E-state index in [9.17, 15) is 0 Å². The molecule has 0 amide bonds. The van der Waals surface area contributed by atoms with Gasteiger partial charge in [0.15, 0.2) is 0 Å². The second-order valence-electron chi connectivity index (χ2n) is 16.5. The molecule has 0 heterocycles. The monoisotopic (exact) mass is 707 g/mol. The van der Waals surface area contributed by atoms with E-state index >= 15 is 0 Å². The maximum Gasteiger partial charge on any atom is 0.0543 e. The summed E-state index contributed by atoms with van der Waals surface area (Å²) in [5, 5.41) is 2.55. The first-order valence-corrected chi connectivity index (χ1v) is 19.7. The molecule has 1 nitrogen and oxygen atoms in total. The molecule has 0 fully saturated rings. The lowest BCUT2D eigenvalue weighted by molar-refractivity contribution is 0.651. The number of nitrogens with zero attached hydrogens (tertiary/aromatic N) is 1. The summed E-state index contributed by atoms with van der Waals surface area (Å²) in [7, 11) is 0. The van der Waals surface area contributed by atoms with E-state index in [2.05, 4.69) is 209 Å². The van der Waals surface area contributed by atoms with Crippen molar-refractivity contribution in [1.82, 2.24) is 0 Å². The van der Waals surface area contributed by atoms with Crippen LogP contribution in [0.3, 0.4) is 0 Å². The molecule has 8 aromatic rings. The van der Waals surface area contributed by atoms with Crippen molar-refractivity contribution < 1.29 is 0 Å². The molecule has 266 valence electrons. The van der Waals surface area contributed by atoms with Crippen molar-refractivity contribution in [2.24, 2.45) is 0 Å². The number of anilines is 3. The Labute approximate surface area is 325 Å². The van der Waals surface area contributed by atoms with Crippen molar-refractivity contribution in [3.8, 4) is 44.5 Å². The normalized spacial score (nSPS) is 14.3. The lowest BCUT2D eigenvalue weighted by Crippen LogP contribution is -2.18. The SMILES string of the molecule is CCc1ccc2c(c1)C(C)(C)c1cc3c(cc1-2)C(C)(C)c1cc(N(c2ccc(-c4ccccc4)cc2)c2ccc(-c4ccccc4)cc2)c2ccccc2c1-3. The summed E-state index contributed by atoms with van der Waals surface area (Å²) in [4.78, 5) is 2.47.